The highest BCUT2D eigenvalue weighted by Crippen LogP contribution is 2.42. The molecule has 1 heterocycles. The number of alkyl halides is 3. The second-order valence-corrected chi connectivity index (χ2v) is 6.16. The molecule has 7 heteroatoms. The molecule has 2 aromatic rings. The summed E-state index contributed by atoms with van der Waals surface area (Å²) >= 11 is 12.8. The molecule has 0 saturated heterocycles. The SMILES string of the molecule is FC(F)(I)[C@@H](Oc1ccccn1)c1ccc(Cl)cc1Cl. The van der Waals surface area contributed by atoms with Crippen LogP contribution in [0.2, 0.25) is 10.0 Å². The summed E-state index contributed by atoms with van der Waals surface area (Å²) in [6.45, 7) is 0. The summed E-state index contributed by atoms with van der Waals surface area (Å²) in [4.78, 5) is 3.88. The maximum Gasteiger partial charge on any atom is 0.336 e. The molecule has 0 amide bonds. The Labute approximate surface area is 138 Å². The predicted octanol–water partition coefficient (Wildman–Crippen LogP) is 5.54. The second kappa shape index (κ2) is 6.41. The summed E-state index contributed by atoms with van der Waals surface area (Å²) < 4.78 is 29.7. The number of ether oxygens (including phenoxy) is 1. The van der Waals surface area contributed by atoms with Gasteiger partial charge in [-0.15, -0.1) is 0 Å². The van der Waals surface area contributed by atoms with Crippen LogP contribution in [0.4, 0.5) is 8.78 Å². The fourth-order valence-electron chi connectivity index (χ4n) is 1.56. The molecule has 2 nitrogen and oxygen atoms in total. The van der Waals surface area contributed by atoms with Crippen molar-refractivity contribution in [2.75, 3.05) is 0 Å². The highest BCUT2D eigenvalue weighted by molar-refractivity contribution is 14.1. The minimum atomic E-state index is -3.16. The summed E-state index contributed by atoms with van der Waals surface area (Å²) in [5.74, 6) is 0.0971. The van der Waals surface area contributed by atoms with Gasteiger partial charge in [0.2, 0.25) is 5.88 Å². The fourth-order valence-corrected chi connectivity index (χ4v) is 2.53. The average molecular weight is 430 g/mol. The summed E-state index contributed by atoms with van der Waals surface area (Å²) in [6.07, 6.45) is -0.0935. The van der Waals surface area contributed by atoms with E-state index in [1.807, 2.05) is 0 Å². The van der Waals surface area contributed by atoms with Gasteiger partial charge in [-0.2, -0.15) is 8.78 Å². The first-order valence-corrected chi connectivity index (χ1v) is 7.31. The Hall–Kier alpha value is -0.660. The molecular formula is C13H8Cl2F2INO. The molecule has 0 saturated carbocycles. The highest BCUT2D eigenvalue weighted by Gasteiger charge is 2.41. The van der Waals surface area contributed by atoms with Gasteiger partial charge in [0.25, 0.3) is 0 Å². The summed E-state index contributed by atoms with van der Waals surface area (Å²) in [5, 5.41) is 0.488. The van der Waals surface area contributed by atoms with E-state index in [4.69, 9.17) is 27.9 Å². The van der Waals surface area contributed by atoms with E-state index in [1.165, 1.54) is 30.5 Å². The first-order valence-electron chi connectivity index (χ1n) is 5.47. The number of aromatic nitrogens is 1. The average Bonchev–Trinajstić information content (AvgIpc) is 2.37. The number of benzene rings is 1. The molecule has 1 atom stereocenters. The van der Waals surface area contributed by atoms with Crippen molar-refractivity contribution in [2.24, 2.45) is 0 Å². The molecular weight excluding hydrogens is 422 g/mol. The Morgan fingerprint density at radius 2 is 1.95 bits per heavy atom. The zero-order valence-electron chi connectivity index (χ0n) is 9.86. The molecule has 20 heavy (non-hydrogen) atoms. The van der Waals surface area contributed by atoms with E-state index in [9.17, 15) is 8.78 Å². The van der Waals surface area contributed by atoms with Crippen molar-refractivity contribution >= 4 is 45.8 Å². The lowest BCUT2D eigenvalue weighted by molar-refractivity contribution is -0.00722. The summed E-state index contributed by atoms with van der Waals surface area (Å²) in [7, 11) is 0. The van der Waals surface area contributed by atoms with E-state index < -0.39 is 10.0 Å². The van der Waals surface area contributed by atoms with E-state index >= 15 is 0 Å². The van der Waals surface area contributed by atoms with Crippen molar-refractivity contribution in [1.29, 1.82) is 0 Å². The van der Waals surface area contributed by atoms with Gasteiger partial charge >= 0.3 is 3.93 Å². The van der Waals surface area contributed by atoms with Gasteiger partial charge in [-0.25, -0.2) is 4.98 Å². The number of hydrogen-bond donors (Lipinski definition) is 0. The van der Waals surface area contributed by atoms with Gasteiger partial charge in [0, 0.05) is 50.5 Å². The van der Waals surface area contributed by atoms with Crippen molar-refractivity contribution in [3.63, 3.8) is 0 Å². The van der Waals surface area contributed by atoms with Crippen LogP contribution >= 0.6 is 45.8 Å². The third kappa shape index (κ3) is 3.93. The van der Waals surface area contributed by atoms with Crippen molar-refractivity contribution in [1.82, 2.24) is 4.98 Å². The lowest BCUT2D eigenvalue weighted by Crippen LogP contribution is -2.25. The number of rotatable bonds is 4. The lowest BCUT2D eigenvalue weighted by atomic mass is 10.1. The van der Waals surface area contributed by atoms with Crippen LogP contribution in [0.5, 0.6) is 5.88 Å². The van der Waals surface area contributed by atoms with Crippen molar-refractivity contribution < 1.29 is 13.5 Å². The van der Waals surface area contributed by atoms with Gasteiger partial charge in [0.1, 0.15) is 0 Å². The van der Waals surface area contributed by atoms with Crippen LogP contribution in [0.3, 0.4) is 0 Å². The minimum Gasteiger partial charge on any atom is -0.462 e. The maximum absolute atomic E-state index is 13.8. The van der Waals surface area contributed by atoms with Crippen LogP contribution in [0.15, 0.2) is 42.6 Å². The molecule has 0 aliphatic heterocycles. The zero-order chi connectivity index (χ0) is 14.8. The molecule has 0 unspecified atom stereocenters. The van der Waals surface area contributed by atoms with Crippen molar-refractivity contribution in [3.8, 4) is 5.88 Å². The molecule has 0 aliphatic rings. The van der Waals surface area contributed by atoms with E-state index in [0.29, 0.717) is 5.02 Å². The molecule has 1 aromatic carbocycles. The van der Waals surface area contributed by atoms with Gasteiger partial charge in [-0.1, -0.05) is 35.3 Å². The van der Waals surface area contributed by atoms with Gasteiger partial charge in [0.05, 0.1) is 0 Å². The van der Waals surface area contributed by atoms with Crippen molar-refractivity contribution in [3.05, 3.63) is 58.2 Å². The Kier molecular flexibility index (Phi) is 5.04. The van der Waals surface area contributed by atoms with Crippen molar-refractivity contribution in [2.45, 2.75) is 10.0 Å². The van der Waals surface area contributed by atoms with Gasteiger partial charge in [-0.05, 0) is 18.2 Å². The van der Waals surface area contributed by atoms with E-state index in [0.717, 1.165) is 22.6 Å². The molecule has 0 bridgehead atoms. The summed E-state index contributed by atoms with van der Waals surface area (Å²) in [6, 6.07) is 9.12. The minimum absolute atomic E-state index is 0.0971. The van der Waals surface area contributed by atoms with E-state index in [-0.39, 0.29) is 16.5 Å². The molecule has 2 rings (SSSR count). The Bertz CT molecular complexity index is 593. The van der Waals surface area contributed by atoms with Gasteiger partial charge < -0.3 is 4.74 Å². The van der Waals surface area contributed by atoms with Crippen LogP contribution in [0, 0.1) is 0 Å². The first kappa shape index (κ1) is 15.7. The van der Waals surface area contributed by atoms with Crippen LogP contribution < -0.4 is 4.74 Å². The fraction of sp³-hybridized carbons (Fsp3) is 0.154. The Balaban J connectivity index is 2.38. The topological polar surface area (TPSA) is 22.1 Å². The van der Waals surface area contributed by atoms with Crippen LogP contribution in [0.1, 0.15) is 11.7 Å². The standard InChI is InChI=1S/C13H8Cl2F2INO/c14-8-4-5-9(10(15)7-8)12(13(16,17)18)20-11-3-1-2-6-19-11/h1-7,12H/t12-/m0/s1. The van der Waals surface area contributed by atoms with Gasteiger partial charge in [0.15, 0.2) is 6.10 Å². The first-order chi connectivity index (χ1) is 9.38. The number of hydrogen-bond acceptors (Lipinski definition) is 2. The smallest absolute Gasteiger partial charge is 0.336 e. The third-order valence-electron chi connectivity index (χ3n) is 2.42. The molecule has 0 N–H and O–H groups in total. The quantitative estimate of drug-likeness (QED) is 0.470. The van der Waals surface area contributed by atoms with Crippen LogP contribution in [-0.2, 0) is 0 Å². The zero-order valence-corrected chi connectivity index (χ0v) is 13.5. The predicted molar refractivity (Wildman–Crippen MR) is 83.0 cm³/mol. The molecule has 0 radical (unpaired) electrons. The summed E-state index contributed by atoms with van der Waals surface area (Å²) in [5.41, 5.74) is 0.154. The molecule has 1 aromatic heterocycles. The van der Waals surface area contributed by atoms with E-state index in [2.05, 4.69) is 4.98 Å². The second-order valence-electron chi connectivity index (χ2n) is 3.87. The number of halogens is 5. The normalized spacial score (nSPS) is 13.1. The Morgan fingerprint density at radius 3 is 2.50 bits per heavy atom. The lowest BCUT2D eigenvalue weighted by Gasteiger charge is -2.24. The Morgan fingerprint density at radius 1 is 1.20 bits per heavy atom. The largest absolute Gasteiger partial charge is 0.462 e. The third-order valence-corrected chi connectivity index (χ3v) is 3.55. The molecule has 106 valence electrons. The molecule has 0 fully saturated rings. The molecule has 0 aliphatic carbocycles. The highest BCUT2D eigenvalue weighted by atomic mass is 127. The number of pyridine rings is 1. The molecule has 0 spiro atoms. The van der Waals surface area contributed by atoms with Crippen LogP contribution in [-0.4, -0.2) is 8.91 Å². The van der Waals surface area contributed by atoms with Gasteiger partial charge in [-0.3, -0.25) is 0 Å². The number of nitrogens with zero attached hydrogens (tertiary/aromatic N) is 1. The van der Waals surface area contributed by atoms with E-state index in [1.54, 1.807) is 12.1 Å². The van der Waals surface area contributed by atoms with Crippen LogP contribution in [0.25, 0.3) is 0 Å². The maximum atomic E-state index is 13.8. The monoisotopic (exact) mass is 429 g/mol.